The van der Waals surface area contributed by atoms with Crippen molar-refractivity contribution >= 4 is 23.8 Å². The molecule has 1 N–H and O–H groups in total. The van der Waals surface area contributed by atoms with E-state index in [9.17, 15) is 9.59 Å². The fraction of sp³-hybridized carbons (Fsp3) is 0.833. The van der Waals surface area contributed by atoms with Crippen LogP contribution in [0.5, 0.6) is 0 Å². The summed E-state index contributed by atoms with van der Waals surface area (Å²) in [6.45, 7) is 4.22. The van der Waals surface area contributed by atoms with E-state index in [1.54, 1.807) is 16.7 Å². The van der Waals surface area contributed by atoms with Gasteiger partial charge < -0.3 is 14.9 Å². The second-order valence-corrected chi connectivity index (χ2v) is 5.65. The highest BCUT2D eigenvalue weighted by Gasteiger charge is 2.23. The minimum absolute atomic E-state index is 0.0759. The maximum atomic E-state index is 12.1. The molecule has 0 unspecified atom stereocenters. The van der Waals surface area contributed by atoms with Crippen LogP contribution in [0, 0.1) is 0 Å². The summed E-state index contributed by atoms with van der Waals surface area (Å²) in [5, 5.41) is 8.64. The van der Waals surface area contributed by atoms with Crippen LogP contribution in [0.1, 0.15) is 6.42 Å². The minimum atomic E-state index is -0.768. The molecule has 0 aromatic heterocycles. The summed E-state index contributed by atoms with van der Waals surface area (Å²) in [7, 11) is 1.83. The Morgan fingerprint density at radius 3 is 2.42 bits per heavy atom. The van der Waals surface area contributed by atoms with Gasteiger partial charge in [-0.05, 0) is 6.26 Å². The molecule has 1 fully saturated rings. The van der Waals surface area contributed by atoms with Crippen molar-refractivity contribution in [1.29, 1.82) is 0 Å². The van der Waals surface area contributed by atoms with Crippen molar-refractivity contribution in [3.63, 3.8) is 0 Å². The maximum Gasteiger partial charge on any atom is 0.319 e. The SMILES string of the molecule is CSCCN(C)C(=O)N1CCN(CCC(=O)O)CC1. The van der Waals surface area contributed by atoms with Crippen LogP contribution in [-0.2, 0) is 4.79 Å². The van der Waals surface area contributed by atoms with Gasteiger partial charge in [-0.15, -0.1) is 0 Å². The van der Waals surface area contributed by atoms with Crippen molar-refractivity contribution in [2.45, 2.75) is 6.42 Å². The lowest BCUT2D eigenvalue weighted by atomic mass is 10.3. The number of carbonyl (C=O) groups excluding carboxylic acids is 1. The van der Waals surface area contributed by atoms with Crippen molar-refractivity contribution in [3.8, 4) is 0 Å². The molecule has 1 aliphatic heterocycles. The Balaban J connectivity index is 2.28. The topological polar surface area (TPSA) is 64.1 Å². The Hall–Kier alpha value is -0.950. The van der Waals surface area contributed by atoms with Crippen LogP contribution in [0.4, 0.5) is 4.79 Å². The summed E-state index contributed by atoms with van der Waals surface area (Å²) in [4.78, 5) is 28.3. The third-order valence-electron chi connectivity index (χ3n) is 3.24. The quantitative estimate of drug-likeness (QED) is 0.771. The van der Waals surface area contributed by atoms with Gasteiger partial charge in [0.1, 0.15) is 0 Å². The van der Waals surface area contributed by atoms with Crippen molar-refractivity contribution < 1.29 is 14.7 Å². The molecule has 0 aromatic rings. The lowest BCUT2D eigenvalue weighted by Crippen LogP contribution is -2.52. The molecule has 7 heteroatoms. The standard InChI is InChI=1S/C12H23N3O3S/c1-13(9-10-19-2)12(18)15-7-5-14(6-8-15)4-3-11(16)17/h3-10H2,1-2H3,(H,16,17). The van der Waals surface area contributed by atoms with Crippen molar-refractivity contribution in [2.75, 3.05) is 58.3 Å². The van der Waals surface area contributed by atoms with Gasteiger partial charge in [0.05, 0.1) is 6.42 Å². The van der Waals surface area contributed by atoms with Crippen LogP contribution in [0.15, 0.2) is 0 Å². The molecule has 0 spiro atoms. The van der Waals surface area contributed by atoms with E-state index in [1.807, 2.05) is 18.2 Å². The third-order valence-corrected chi connectivity index (χ3v) is 3.83. The van der Waals surface area contributed by atoms with E-state index in [-0.39, 0.29) is 12.5 Å². The molecule has 0 radical (unpaired) electrons. The second kappa shape index (κ2) is 8.27. The fourth-order valence-electron chi connectivity index (χ4n) is 1.98. The van der Waals surface area contributed by atoms with E-state index < -0.39 is 5.97 Å². The number of urea groups is 1. The number of nitrogens with zero attached hydrogens (tertiary/aromatic N) is 3. The molecule has 0 aliphatic carbocycles. The van der Waals surface area contributed by atoms with E-state index in [1.165, 1.54) is 0 Å². The molecule has 110 valence electrons. The summed E-state index contributed by atoms with van der Waals surface area (Å²) in [6.07, 6.45) is 2.20. The largest absolute Gasteiger partial charge is 0.481 e. The van der Waals surface area contributed by atoms with Gasteiger partial charge in [0.2, 0.25) is 0 Å². The first-order chi connectivity index (χ1) is 9.04. The molecule has 0 aromatic carbocycles. The van der Waals surface area contributed by atoms with Gasteiger partial charge in [-0.2, -0.15) is 11.8 Å². The number of aliphatic carboxylic acids is 1. The smallest absolute Gasteiger partial charge is 0.319 e. The van der Waals surface area contributed by atoms with E-state index >= 15 is 0 Å². The predicted octanol–water partition coefficient (Wildman–Crippen LogP) is 0.494. The highest BCUT2D eigenvalue weighted by molar-refractivity contribution is 7.98. The molecule has 1 saturated heterocycles. The van der Waals surface area contributed by atoms with Gasteiger partial charge in [-0.25, -0.2) is 4.79 Å². The number of carboxylic acids is 1. The Bertz CT molecular complexity index is 307. The van der Waals surface area contributed by atoms with E-state index in [0.717, 1.165) is 25.4 Å². The number of hydrogen-bond donors (Lipinski definition) is 1. The Kier molecular flexibility index (Phi) is 7.01. The fourth-order valence-corrected chi connectivity index (χ4v) is 2.44. The van der Waals surface area contributed by atoms with Crippen LogP contribution in [-0.4, -0.2) is 90.1 Å². The number of carboxylic acid groups (broad SMARTS) is 1. The van der Waals surface area contributed by atoms with E-state index in [2.05, 4.69) is 4.90 Å². The minimum Gasteiger partial charge on any atom is -0.481 e. The summed E-state index contributed by atoms with van der Waals surface area (Å²) < 4.78 is 0. The molecular formula is C12H23N3O3S. The Labute approximate surface area is 118 Å². The summed E-state index contributed by atoms with van der Waals surface area (Å²) in [5.74, 6) is 0.177. The molecule has 6 nitrogen and oxygen atoms in total. The van der Waals surface area contributed by atoms with Gasteiger partial charge in [0.25, 0.3) is 0 Å². The highest BCUT2D eigenvalue weighted by Crippen LogP contribution is 2.06. The molecule has 19 heavy (non-hydrogen) atoms. The Morgan fingerprint density at radius 2 is 1.89 bits per heavy atom. The second-order valence-electron chi connectivity index (χ2n) is 4.67. The lowest BCUT2D eigenvalue weighted by molar-refractivity contribution is -0.137. The van der Waals surface area contributed by atoms with Crippen molar-refractivity contribution in [3.05, 3.63) is 0 Å². The monoisotopic (exact) mass is 289 g/mol. The zero-order valence-electron chi connectivity index (χ0n) is 11.7. The average Bonchev–Trinajstić information content (AvgIpc) is 2.42. The molecule has 1 aliphatic rings. The van der Waals surface area contributed by atoms with Crippen LogP contribution >= 0.6 is 11.8 Å². The highest BCUT2D eigenvalue weighted by atomic mass is 32.2. The zero-order valence-corrected chi connectivity index (χ0v) is 12.5. The van der Waals surface area contributed by atoms with Gasteiger partial charge in [0.15, 0.2) is 0 Å². The predicted molar refractivity (Wildman–Crippen MR) is 76.7 cm³/mol. The average molecular weight is 289 g/mol. The number of hydrogen-bond acceptors (Lipinski definition) is 4. The molecule has 1 heterocycles. The van der Waals surface area contributed by atoms with Gasteiger partial charge in [0, 0.05) is 52.1 Å². The van der Waals surface area contributed by atoms with Crippen LogP contribution in [0.3, 0.4) is 0 Å². The summed E-state index contributed by atoms with van der Waals surface area (Å²) >= 11 is 1.73. The van der Waals surface area contributed by atoms with E-state index in [4.69, 9.17) is 5.11 Å². The van der Waals surface area contributed by atoms with Crippen molar-refractivity contribution in [1.82, 2.24) is 14.7 Å². The molecule has 0 atom stereocenters. The molecule has 0 bridgehead atoms. The number of thioether (sulfide) groups is 1. The first-order valence-electron chi connectivity index (χ1n) is 6.47. The van der Waals surface area contributed by atoms with Gasteiger partial charge in [-0.3, -0.25) is 9.69 Å². The number of carbonyl (C=O) groups is 2. The van der Waals surface area contributed by atoms with Crippen molar-refractivity contribution in [2.24, 2.45) is 0 Å². The number of amides is 2. The summed E-state index contributed by atoms with van der Waals surface area (Å²) in [5.41, 5.74) is 0. The van der Waals surface area contributed by atoms with Gasteiger partial charge >= 0.3 is 12.0 Å². The van der Waals surface area contributed by atoms with Crippen LogP contribution in [0.2, 0.25) is 0 Å². The number of rotatable bonds is 6. The number of piperazine rings is 1. The molecule has 1 rings (SSSR count). The molecule has 0 saturated carbocycles. The molecule has 2 amide bonds. The van der Waals surface area contributed by atoms with Gasteiger partial charge in [-0.1, -0.05) is 0 Å². The lowest BCUT2D eigenvalue weighted by Gasteiger charge is -2.36. The zero-order chi connectivity index (χ0) is 14.3. The summed E-state index contributed by atoms with van der Waals surface area (Å²) in [6, 6.07) is 0.0759. The Morgan fingerprint density at radius 1 is 1.26 bits per heavy atom. The first kappa shape index (κ1) is 16.1. The van der Waals surface area contributed by atoms with E-state index in [0.29, 0.717) is 19.6 Å². The first-order valence-corrected chi connectivity index (χ1v) is 7.87. The normalized spacial score (nSPS) is 16.4. The third kappa shape index (κ3) is 5.69. The van der Waals surface area contributed by atoms with Crippen LogP contribution < -0.4 is 0 Å². The molecular weight excluding hydrogens is 266 g/mol. The van der Waals surface area contributed by atoms with Crippen LogP contribution in [0.25, 0.3) is 0 Å². The maximum absolute atomic E-state index is 12.1.